The number of para-hydroxylation sites is 1. The van der Waals surface area contributed by atoms with E-state index in [0.717, 1.165) is 5.56 Å². The largest absolute Gasteiger partial charge is 0.493 e. The summed E-state index contributed by atoms with van der Waals surface area (Å²) in [5.41, 5.74) is 2.18. The van der Waals surface area contributed by atoms with Crippen molar-refractivity contribution in [1.29, 1.82) is 0 Å². The van der Waals surface area contributed by atoms with Crippen molar-refractivity contribution in [3.05, 3.63) is 93.5 Å². The van der Waals surface area contributed by atoms with Gasteiger partial charge in [0.2, 0.25) is 0 Å². The van der Waals surface area contributed by atoms with E-state index in [4.69, 9.17) is 9.47 Å². The summed E-state index contributed by atoms with van der Waals surface area (Å²) in [6, 6.07) is 19.5. The van der Waals surface area contributed by atoms with Crippen LogP contribution in [0.5, 0.6) is 11.5 Å². The molecule has 1 atom stereocenters. The third kappa shape index (κ3) is 3.75. The van der Waals surface area contributed by atoms with Gasteiger partial charge in [0.25, 0.3) is 11.6 Å². The number of ether oxygens (including phenoxy) is 2. The number of anilines is 1. The Morgan fingerprint density at radius 2 is 1.65 bits per heavy atom. The number of methoxy groups -OCH3 is 2. The Balaban J connectivity index is 1.88. The van der Waals surface area contributed by atoms with Crippen LogP contribution in [0.15, 0.2) is 66.7 Å². The van der Waals surface area contributed by atoms with Gasteiger partial charge in [-0.3, -0.25) is 14.9 Å². The molecule has 1 aliphatic rings. The molecule has 1 aliphatic heterocycles. The Kier molecular flexibility index (Phi) is 5.44. The van der Waals surface area contributed by atoms with Gasteiger partial charge in [0.1, 0.15) is 6.17 Å². The highest BCUT2D eigenvalue weighted by molar-refractivity contribution is 6.01. The molecular formula is C23H21N3O5. The molecule has 0 spiro atoms. The number of hydrogen-bond acceptors (Lipinski definition) is 6. The van der Waals surface area contributed by atoms with E-state index in [0.29, 0.717) is 22.6 Å². The molecule has 0 fully saturated rings. The molecule has 4 rings (SSSR count). The molecule has 0 aromatic heterocycles. The fraction of sp³-hybridized carbons (Fsp3) is 0.174. The van der Waals surface area contributed by atoms with Gasteiger partial charge in [0.15, 0.2) is 11.5 Å². The van der Waals surface area contributed by atoms with Gasteiger partial charge in [-0.25, -0.2) is 0 Å². The number of nitro benzene ring substituents is 1. The zero-order chi connectivity index (χ0) is 22.0. The minimum Gasteiger partial charge on any atom is -0.493 e. The number of carbonyl (C=O) groups excluding carboxylic acids is 1. The van der Waals surface area contributed by atoms with E-state index in [1.807, 2.05) is 36.4 Å². The van der Waals surface area contributed by atoms with Gasteiger partial charge < -0.3 is 19.7 Å². The summed E-state index contributed by atoms with van der Waals surface area (Å²) in [6.07, 6.45) is -0.775. The Bertz CT molecular complexity index is 1130. The number of nitro groups is 1. The zero-order valence-corrected chi connectivity index (χ0v) is 17.1. The van der Waals surface area contributed by atoms with Gasteiger partial charge in [-0.2, -0.15) is 0 Å². The lowest BCUT2D eigenvalue weighted by Crippen LogP contribution is -2.42. The molecule has 31 heavy (non-hydrogen) atoms. The number of hydrogen-bond donors (Lipinski definition) is 1. The van der Waals surface area contributed by atoms with Gasteiger partial charge in [-0.05, 0) is 23.8 Å². The lowest BCUT2D eigenvalue weighted by Gasteiger charge is -2.38. The average molecular weight is 419 g/mol. The van der Waals surface area contributed by atoms with Crippen molar-refractivity contribution in [2.75, 3.05) is 19.5 Å². The number of amides is 1. The Morgan fingerprint density at radius 3 is 2.32 bits per heavy atom. The quantitative estimate of drug-likeness (QED) is 0.471. The fourth-order valence-electron chi connectivity index (χ4n) is 3.74. The summed E-state index contributed by atoms with van der Waals surface area (Å²) in [6.45, 7) is 0.275. The molecule has 1 N–H and O–H groups in total. The van der Waals surface area contributed by atoms with Crippen LogP contribution in [0.25, 0.3) is 0 Å². The van der Waals surface area contributed by atoms with E-state index in [2.05, 4.69) is 5.32 Å². The third-order valence-electron chi connectivity index (χ3n) is 5.24. The molecule has 0 aliphatic carbocycles. The second-order valence-corrected chi connectivity index (χ2v) is 7.03. The number of fused-ring (bicyclic) bond motifs is 1. The maximum atomic E-state index is 13.4. The molecule has 8 heteroatoms. The number of nitrogens with one attached hydrogen (secondary N) is 1. The summed E-state index contributed by atoms with van der Waals surface area (Å²) in [7, 11) is 2.88. The first-order chi connectivity index (χ1) is 15.0. The first-order valence-electron chi connectivity index (χ1n) is 9.64. The van der Waals surface area contributed by atoms with Crippen LogP contribution in [-0.4, -0.2) is 29.9 Å². The number of nitrogens with zero attached hydrogens (tertiary/aromatic N) is 2. The SMILES string of the molecule is COc1cc([C@H]2Nc3ccccc3C(=O)N2Cc2ccccc2)c([N+](=O)[O-])cc1OC. The van der Waals surface area contributed by atoms with Crippen molar-refractivity contribution in [3.8, 4) is 11.5 Å². The Hall–Kier alpha value is -4.07. The monoisotopic (exact) mass is 419 g/mol. The van der Waals surface area contributed by atoms with Crippen LogP contribution in [0.3, 0.4) is 0 Å². The van der Waals surface area contributed by atoms with E-state index in [-0.39, 0.29) is 23.9 Å². The Labute approximate surface area is 179 Å². The standard InChI is InChI=1S/C23H21N3O5/c1-30-20-12-17(19(26(28)29)13-21(20)31-2)22-24-18-11-7-6-10-16(18)23(27)25(22)14-15-8-4-3-5-9-15/h3-13,22,24H,14H2,1-2H3/t22-/m0/s1. The van der Waals surface area contributed by atoms with Gasteiger partial charge in [0.05, 0.1) is 36.3 Å². The van der Waals surface area contributed by atoms with Gasteiger partial charge in [-0.1, -0.05) is 42.5 Å². The van der Waals surface area contributed by atoms with Crippen molar-refractivity contribution in [2.24, 2.45) is 0 Å². The molecule has 0 saturated heterocycles. The maximum absolute atomic E-state index is 13.4. The molecule has 3 aromatic carbocycles. The summed E-state index contributed by atoms with van der Waals surface area (Å²) in [5, 5.41) is 15.2. The predicted octanol–water partition coefficient (Wildman–Crippen LogP) is 4.38. The number of carbonyl (C=O) groups is 1. The molecule has 0 radical (unpaired) electrons. The third-order valence-corrected chi connectivity index (χ3v) is 5.24. The maximum Gasteiger partial charge on any atom is 0.280 e. The van der Waals surface area contributed by atoms with Crippen molar-refractivity contribution in [3.63, 3.8) is 0 Å². The molecule has 0 unspecified atom stereocenters. The lowest BCUT2D eigenvalue weighted by atomic mass is 10.0. The number of benzene rings is 3. The molecule has 0 saturated carbocycles. The van der Waals surface area contributed by atoms with E-state index >= 15 is 0 Å². The molecular weight excluding hydrogens is 398 g/mol. The molecule has 1 heterocycles. The number of rotatable bonds is 6. The molecule has 0 bridgehead atoms. The summed E-state index contributed by atoms with van der Waals surface area (Å²) in [4.78, 5) is 26.4. The summed E-state index contributed by atoms with van der Waals surface area (Å²) in [5.74, 6) is 0.373. The summed E-state index contributed by atoms with van der Waals surface area (Å²) >= 11 is 0. The molecule has 8 nitrogen and oxygen atoms in total. The first-order valence-corrected chi connectivity index (χ1v) is 9.64. The van der Waals surface area contributed by atoms with E-state index in [9.17, 15) is 14.9 Å². The van der Waals surface area contributed by atoms with Crippen LogP contribution < -0.4 is 14.8 Å². The van der Waals surface area contributed by atoms with Crippen LogP contribution in [0.1, 0.15) is 27.7 Å². The zero-order valence-electron chi connectivity index (χ0n) is 17.1. The van der Waals surface area contributed by atoms with Crippen molar-refractivity contribution in [2.45, 2.75) is 12.7 Å². The lowest BCUT2D eigenvalue weighted by molar-refractivity contribution is -0.386. The molecule has 1 amide bonds. The average Bonchev–Trinajstić information content (AvgIpc) is 2.80. The van der Waals surface area contributed by atoms with E-state index in [1.54, 1.807) is 29.2 Å². The van der Waals surface area contributed by atoms with E-state index in [1.165, 1.54) is 20.3 Å². The normalized spacial score (nSPS) is 15.1. The topological polar surface area (TPSA) is 93.9 Å². The molecule has 3 aromatic rings. The van der Waals surface area contributed by atoms with Crippen LogP contribution in [0.4, 0.5) is 11.4 Å². The second-order valence-electron chi connectivity index (χ2n) is 7.03. The van der Waals surface area contributed by atoms with Crippen molar-refractivity contribution >= 4 is 17.3 Å². The van der Waals surface area contributed by atoms with Crippen LogP contribution >= 0.6 is 0 Å². The van der Waals surface area contributed by atoms with Gasteiger partial charge >= 0.3 is 0 Å². The van der Waals surface area contributed by atoms with E-state index < -0.39 is 11.1 Å². The van der Waals surface area contributed by atoms with Gasteiger partial charge in [-0.15, -0.1) is 0 Å². The van der Waals surface area contributed by atoms with Gasteiger partial charge in [0, 0.05) is 12.2 Å². The highest BCUT2D eigenvalue weighted by atomic mass is 16.6. The van der Waals surface area contributed by atoms with Crippen molar-refractivity contribution in [1.82, 2.24) is 4.90 Å². The fourth-order valence-corrected chi connectivity index (χ4v) is 3.74. The Morgan fingerprint density at radius 1 is 1.00 bits per heavy atom. The minimum absolute atomic E-state index is 0.166. The van der Waals surface area contributed by atoms with Crippen LogP contribution in [-0.2, 0) is 6.54 Å². The summed E-state index contributed by atoms with van der Waals surface area (Å²) < 4.78 is 10.6. The highest BCUT2D eigenvalue weighted by Crippen LogP contribution is 2.42. The second kappa shape index (κ2) is 8.35. The first kappa shape index (κ1) is 20.2. The highest BCUT2D eigenvalue weighted by Gasteiger charge is 2.37. The van der Waals surface area contributed by atoms with Crippen molar-refractivity contribution < 1.29 is 19.2 Å². The minimum atomic E-state index is -0.775. The molecule has 158 valence electrons. The van der Waals surface area contributed by atoms with Crippen LogP contribution in [0, 0.1) is 10.1 Å². The predicted molar refractivity (Wildman–Crippen MR) is 115 cm³/mol. The smallest absolute Gasteiger partial charge is 0.280 e. The van der Waals surface area contributed by atoms with Crippen LogP contribution in [0.2, 0.25) is 0 Å².